The van der Waals surface area contributed by atoms with Crippen LogP contribution in [0.25, 0.3) is 0 Å². The Bertz CT molecular complexity index is 449. The highest BCUT2D eigenvalue weighted by atomic mass is 32.1. The summed E-state index contributed by atoms with van der Waals surface area (Å²) in [5.74, 6) is 0.455. The highest BCUT2D eigenvalue weighted by Crippen LogP contribution is 2.30. The van der Waals surface area contributed by atoms with Crippen molar-refractivity contribution in [3.05, 3.63) is 15.6 Å². The lowest BCUT2D eigenvalue weighted by molar-refractivity contribution is -0.126. The Morgan fingerprint density at radius 3 is 2.89 bits per heavy atom. The molecule has 18 heavy (non-hydrogen) atoms. The number of fused-ring (bicyclic) bond motifs is 1. The van der Waals surface area contributed by atoms with Crippen LogP contribution in [0.3, 0.4) is 0 Å². The van der Waals surface area contributed by atoms with Crippen LogP contribution in [0.4, 0.5) is 0 Å². The van der Waals surface area contributed by atoms with Crippen LogP contribution in [0.2, 0.25) is 0 Å². The molecule has 98 valence electrons. The molecule has 1 heterocycles. The van der Waals surface area contributed by atoms with Gasteiger partial charge in [-0.15, -0.1) is 11.3 Å². The normalized spacial score (nSPS) is 23.9. The Labute approximate surface area is 112 Å². The van der Waals surface area contributed by atoms with Crippen molar-refractivity contribution in [2.75, 3.05) is 0 Å². The molecule has 0 spiro atoms. The van der Waals surface area contributed by atoms with Crippen molar-refractivity contribution >= 4 is 17.2 Å². The highest BCUT2D eigenvalue weighted by molar-refractivity contribution is 7.11. The maximum atomic E-state index is 12.2. The molecule has 0 radical (unpaired) electrons. The van der Waals surface area contributed by atoms with Gasteiger partial charge in [0.15, 0.2) is 0 Å². The lowest BCUT2D eigenvalue weighted by Crippen LogP contribution is -2.39. The first kappa shape index (κ1) is 12.2. The van der Waals surface area contributed by atoms with E-state index in [2.05, 4.69) is 17.2 Å². The minimum absolute atomic E-state index is 0.179. The van der Waals surface area contributed by atoms with E-state index in [9.17, 15) is 4.79 Å². The molecule has 0 aliphatic heterocycles. The van der Waals surface area contributed by atoms with E-state index in [0.717, 1.165) is 24.3 Å². The van der Waals surface area contributed by atoms with Gasteiger partial charge in [-0.05, 0) is 39.0 Å². The Morgan fingerprint density at radius 1 is 1.33 bits per heavy atom. The van der Waals surface area contributed by atoms with E-state index < -0.39 is 0 Å². The Hall–Kier alpha value is -0.900. The zero-order chi connectivity index (χ0) is 12.5. The molecule has 1 fully saturated rings. The van der Waals surface area contributed by atoms with Crippen molar-refractivity contribution < 1.29 is 4.79 Å². The fraction of sp³-hybridized carbons (Fsp3) is 0.714. The van der Waals surface area contributed by atoms with Crippen LogP contribution < -0.4 is 5.32 Å². The number of hydrogen-bond acceptors (Lipinski definition) is 3. The van der Waals surface area contributed by atoms with Crippen LogP contribution in [-0.4, -0.2) is 16.9 Å². The van der Waals surface area contributed by atoms with E-state index in [0.29, 0.717) is 6.04 Å². The molecule has 1 N–H and O–H groups in total. The van der Waals surface area contributed by atoms with Crippen molar-refractivity contribution in [2.24, 2.45) is 5.92 Å². The average Bonchev–Trinajstić information content (AvgIpc) is 2.95. The third-order valence-corrected chi connectivity index (χ3v) is 5.15. The Morgan fingerprint density at radius 2 is 2.11 bits per heavy atom. The number of carbonyl (C=O) groups excluding carboxylic acids is 1. The van der Waals surface area contributed by atoms with Gasteiger partial charge in [0.25, 0.3) is 0 Å². The molecule has 4 heteroatoms. The van der Waals surface area contributed by atoms with Gasteiger partial charge in [-0.3, -0.25) is 4.79 Å². The van der Waals surface area contributed by atoms with Crippen molar-refractivity contribution in [1.29, 1.82) is 0 Å². The monoisotopic (exact) mass is 264 g/mol. The summed E-state index contributed by atoms with van der Waals surface area (Å²) in [6, 6.07) is 0.446. The SMILES string of the molecule is Cc1nc2c(s1)CC(C(=O)NC1CCCC1)CC2. The van der Waals surface area contributed by atoms with Gasteiger partial charge in [0.1, 0.15) is 0 Å². The van der Waals surface area contributed by atoms with Gasteiger partial charge in [-0.2, -0.15) is 0 Å². The zero-order valence-corrected chi connectivity index (χ0v) is 11.7. The summed E-state index contributed by atoms with van der Waals surface area (Å²) in [5.41, 5.74) is 1.24. The molecule has 0 aromatic carbocycles. The smallest absolute Gasteiger partial charge is 0.223 e. The van der Waals surface area contributed by atoms with Crippen LogP contribution in [0.5, 0.6) is 0 Å². The first-order valence-corrected chi connectivity index (χ1v) is 7.79. The molecule has 1 saturated carbocycles. The zero-order valence-electron chi connectivity index (χ0n) is 10.9. The number of aromatic nitrogens is 1. The number of amides is 1. The predicted molar refractivity (Wildman–Crippen MR) is 72.8 cm³/mol. The number of nitrogens with one attached hydrogen (secondary N) is 1. The maximum Gasteiger partial charge on any atom is 0.223 e. The van der Waals surface area contributed by atoms with Gasteiger partial charge < -0.3 is 5.32 Å². The van der Waals surface area contributed by atoms with Crippen molar-refractivity contribution in [1.82, 2.24) is 10.3 Å². The van der Waals surface area contributed by atoms with Gasteiger partial charge in [-0.1, -0.05) is 12.8 Å². The van der Waals surface area contributed by atoms with Crippen LogP contribution in [0.1, 0.15) is 47.7 Å². The number of aryl methyl sites for hydroxylation is 2. The fourth-order valence-electron chi connectivity index (χ4n) is 3.12. The fourth-order valence-corrected chi connectivity index (χ4v) is 4.18. The van der Waals surface area contributed by atoms with Gasteiger partial charge >= 0.3 is 0 Å². The molecule has 0 bridgehead atoms. The first-order valence-electron chi connectivity index (χ1n) is 6.98. The summed E-state index contributed by atoms with van der Waals surface area (Å²) in [6.45, 7) is 2.05. The van der Waals surface area contributed by atoms with E-state index in [-0.39, 0.29) is 11.8 Å². The maximum absolute atomic E-state index is 12.2. The third-order valence-electron chi connectivity index (χ3n) is 4.12. The summed E-state index contributed by atoms with van der Waals surface area (Å²) >= 11 is 1.76. The first-order chi connectivity index (χ1) is 8.72. The number of hydrogen-bond donors (Lipinski definition) is 1. The van der Waals surface area contributed by atoms with E-state index >= 15 is 0 Å². The lowest BCUT2D eigenvalue weighted by Gasteiger charge is -2.22. The second-order valence-electron chi connectivity index (χ2n) is 5.53. The summed E-state index contributed by atoms with van der Waals surface area (Å²) in [7, 11) is 0. The number of thiazole rings is 1. The van der Waals surface area contributed by atoms with Gasteiger partial charge in [0.05, 0.1) is 10.7 Å². The van der Waals surface area contributed by atoms with Gasteiger partial charge in [0, 0.05) is 16.8 Å². The number of rotatable bonds is 2. The molecule has 1 atom stereocenters. The minimum Gasteiger partial charge on any atom is -0.353 e. The van der Waals surface area contributed by atoms with Crippen LogP contribution in [-0.2, 0) is 17.6 Å². The van der Waals surface area contributed by atoms with E-state index in [1.54, 1.807) is 11.3 Å². The van der Waals surface area contributed by atoms with Crippen LogP contribution >= 0.6 is 11.3 Å². The van der Waals surface area contributed by atoms with Gasteiger partial charge in [0.2, 0.25) is 5.91 Å². The molecule has 1 unspecified atom stereocenters. The third kappa shape index (κ3) is 2.44. The van der Waals surface area contributed by atoms with Crippen LogP contribution in [0, 0.1) is 12.8 Å². The molecule has 2 aliphatic carbocycles. The molecule has 1 aromatic heterocycles. The molecule has 1 amide bonds. The van der Waals surface area contributed by atoms with Crippen LogP contribution in [0.15, 0.2) is 0 Å². The topological polar surface area (TPSA) is 42.0 Å². The summed E-state index contributed by atoms with van der Waals surface area (Å²) < 4.78 is 0. The molecule has 1 aromatic rings. The van der Waals surface area contributed by atoms with Crippen molar-refractivity contribution in [3.63, 3.8) is 0 Å². The second kappa shape index (κ2) is 5.00. The largest absolute Gasteiger partial charge is 0.353 e. The van der Waals surface area contributed by atoms with Crippen molar-refractivity contribution in [3.8, 4) is 0 Å². The van der Waals surface area contributed by atoms with E-state index in [1.807, 2.05) is 0 Å². The standard InChI is InChI=1S/C14H20N2OS/c1-9-15-12-7-6-10(8-13(12)18-9)14(17)16-11-4-2-3-5-11/h10-11H,2-8H2,1H3,(H,16,17). The van der Waals surface area contributed by atoms with Crippen molar-refractivity contribution in [2.45, 2.75) is 57.9 Å². The quantitative estimate of drug-likeness (QED) is 0.892. The summed E-state index contributed by atoms with van der Waals surface area (Å²) in [4.78, 5) is 18.1. The summed E-state index contributed by atoms with van der Waals surface area (Å²) in [5, 5.41) is 4.37. The molecule has 0 saturated heterocycles. The average molecular weight is 264 g/mol. The number of carbonyl (C=O) groups is 1. The Kier molecular flexibility index (Phi) is 3.37. The Balaban J connectivity index is 1.62. The van der Waals surface area contributed by atoms with E-state index in [1.165, 1.54) is 36.3 Å². The molecule has 3 rings (SSSR count). The highest BCUT2D eigenvalue weighted by Gasteiger charge is 2.28. The number of nitrogens with zero attached hydrogens (tertiary/aromatic N) is 1. The molecule has 3 nitrogen and oxygen atoms in total. The summed E-state index contributed by atoms with van der Waals surface area (Å²) in [6.07, 6.45) is 7.73. The molecular formula is C14H20N2OS. The van der Waals surface area contributed by atoms with Gasteiger partial charge in [-0.25, -0.2) is 4.98 Å². The molecular weight excluding hydrogens is 244 g/mol. The lowest BCUT2D eigenvalue weighted by atomic mass is 9.90. The second-order valence-corrected chi connectivity index (χ2v) is 6.82. The predicted octanol–water partition coefficient (Wildman–Crippen LogP) is 2.62. The molecule has 2 aliphatic rings. The minimum atomic E-state index is 0.179. The van der Waals surface area contributed by atoms with E-state index in [4.69, 9.17) is 0 Å².